The van der Waals surface area contributed by atoms with Crippen LogP contribution in [-0.2, 0) is 84.6 Å². The van der Waals surface area contributed by atoms with E-state index in [1.54, 1.807) is 65.0 Å². The topological polar surface area (TPSA) is 118 Å². The van der Waals surface area contributed by atoms with Crippen LogP contribution in [0.15, 0.2) is 150 Å². The number of phenols is 1. The lowest BCUT2D eigenvalue weighted by Gasteiger charge is -1.99. The van der Waals surface area contributed by atoms with Gasteiger partial charge in [0.05, 0.1) is 60.9 Å². The number of phenolic OH excluding ortho intramolecular Hbond substituents is 1. The van der Waals surface area contributed by atoms with Gasteiger partial charge in [-0.3, -0.25) is 0 Å². The van der Waals surface area contributed by atoms with Gasteiger partial charge in [0.25, 0.3) is 6.33 Å². The van der Waals surface area contributed by atoms with Crippen molar-refractivity contribution in [3.63, 3.8) is 0 Å². The molecule has 1 N–H and O–H groups in total. The summed E-state index contributed by atoms with van der Waals surface area (Å²) in [5, 5.41) is 16.0. The van der Waals surface area contributed by atoms with Crippen LogP contribution < -0.4 is 48.0 Å². The Hall–Kier alpha value is -8.05. The number of rotatable bonds is 0. The Kier molecular flexibility index (Phi) is 37.9. The molecule has 456 valence electrons. The van der Waals surface area contributed by atoms with Crippen LogP contribution in [0.3, 0.4) is 0 Å². The second-order valence-corrected chi connectivity index (χ2v) is 20.4. The number of benzene rings is 2. The van der Waals surface area contributed by atoms with Gasteiger partial charge in [-0.2, -0.15) is 32.5 Å². The van der Waals surface area contributed by atoms with E-state index in [9.17, 15) is 14.7 Å². The van der Waals surface area contributed by atoms with Crippen molar-refractivity contribution in [3.8, 4) is 5.75 Å². The highest BCUT2D eigenvalue weighted by molar-refractivity contribution is 7.18. The summed E-state index contributed by atoms with van der Waals surface area (Å²) in [5.41, 5.74) is 10.2. The predicted molar refractivity (Wildman–Crippen MR) is 345 cm³/mol. The summed E-state index contributed by atoms with van der Waals surface area (Å²) in [4.78, 5) is 22.5. The zero-order chi connectivity index (χ0) is 57.8. The number of thiazole rings is 1. The number of nitrogens with zero attached hydrogens (tertiary/aromatic N) is 13. The summed E-state index contributed by atoms with van der Waals surface area (Å²) in [7, 11) is 23.1. The van der Waals surface area contributed by atoms with E-state index in [1.807, 2.05) is 190 Å². The van der Waals surface area contributed by atoms with Crippen molar-refractivity contribution in [2.24, 2.45) is 84.6 Å². The SMILES string of the molecule is C.C.C.C.C.C.Cc1c(O)ccc2c[n+](C)n(C)c12.Cc1cc(C)[n+](C)c(=O)n1C.Cc1cc[n+](C)c(=O)n1C.Cc1cc[n+](C)cc1.Cc1ccc[n+](C)c1.Cc1cccc[n+]1C.Cc1n(C)nc[n+]1C.Cc1sc2ccccc2[n+]1C. The maximum Gasteiger partial charge on any atom is 0.497 e. The van der Waals surface area contributed by atoms with Crippen molar-refractivity contribution in [3.05, 3.63) is 212 Å². The van der Waals surface area contributed by atoms with E-state index in [0.717, 1.165) is 39.4 Å². The fourth-order valence-electron chi connectivity index (χ4n) is 7.19. The molecule has 8 heterocycles. The summed E-state index contributed by atoms with van der Waals surface area (Å²) < 4.78 is 24.0. The van der Waals surface area contributed by atoms with E-state index in [1.165, 1.54) is 32.0 Å². The number of hydrogen-bond acceptors (Lipinski definition) is 5. The average molecular weight is 1170 g/mol. The Morgan fingerprint density at radius 1 is 0.506 bits per heavy atom. The minimum atomic E-state index is 0. The molecule has 2 aromatic carbocycles. The van der Waals surface area contributed by atoms with Gasteiger partial charge in [0.1, 0.15) is 61.2 Å². The van der Waals surface area contributed by atoms with Gasteiger partial charge >= 0.3 is 11.4 Å². The van der Waals surface area contributed by atoms with Gasteiger partial charge in [-0.25, -0.2) is 22.8 Å². The largest absolute Gasteiger partial charge is 0.508 e. The molecule has 0 amide bonds. The van der Waals surface area contributed by atoms with E-state index >= 15 is 0 Å². The Morgan fingerprint density at radius 2 is 1.08 bits per heavy atom. The van der Waals surface area contributed by atoms with Crippen LogP contribution in [0.4, 0.5) is 0 Å². The first kappa shape index (κ1) is 81.4. The van der Waals surface area contributed by atoms with E-state index in [4.69, 9.17) is 0 Å². The van der Waals surface area contributed by atoms with Crippen LogP contribution in [0.2, 0.25) is 0 Å². The first-order valence-electron chi connectivity index (χ1n) is 25.3. The van der Waals surface area contributed by atoms with Gasteiger partial charge in [0, 0.05) is 85.5 Å². The summed E-state index contributed by atoms with van der Waals surface area (Å²) >= 11 is 1.84. The van der Waals surface area contributed by atoms with Gasteiger partial charge in [0.15, 0.2) is 43.7 Å². The van der Waals surface area contributed by atoms with Crippen molar-refractivity contribution < 1.29 is 41.8 Å². The Labute approximate surface area is 504 Å². The van der Waals surface area contributed by atoms with Crippen LogP contribution in [0.1, 0.15) is 94.9 Å². The third-order valence-electron chi connectivity index (χ3n) is 13.1. The molecule has 83 heavy (non-hydrogen) atoms. The fourth-order valence-corrected chi connectivity index (χ4v) is 8.20. The molecular weight excluding hydrogens is 1050 g/mol. The molecule has 0 fully saturated rings. The van der Waals surface area contributed by atoms with Crippen LogP contribution in [-0.4, -0.2) is 28.7 Å². The van der Waals surface area contributed by atoms with Gasteiger partial charge in [-0.05, 0) is 71.4 Å². The van der Waals surface area contributed by atoms with Gasteiger partial charge in [0.2, 0.25) is 22.5 Å². The number of aryl methyl sites for hydroxylation is 17. The molecule has 0 atom stereocenters. The van der Waals surface area contributed by atoms with E-state index in [-0.39, 0.29) is 55.9 Å². The second-order valence-electron chi connectivity index (χ2n) is 19.2. The summed E-state index contributed by atoms with van der Waals surface area (Å²) in [6.07, 6.45) is 15.8. The molecule has 8 aromatic heterocycles. The number of pyridine rings is 3. The zero-order valence-electron chi connectivity index (χ0n) is 49.8. The number of fused-ring (bicyclic) bond motifs is 2. The molecule has 0 unspecified atom stereocenters. The normalized spacial score (nSPS) is 9.31. The van der Waals surface area contributed by atoms with Gasteiger partial charge in [-0.1, -0.05) is 74.1 Å². The van der Waals surface area contributed by atoms with Crippen molar-refractivity contribution in [1.29, 1.82) is 0 Å². The number of para-hydroxylation sites is 1. The summed E-state index contributed by atoms with van der Waals surface area (Å²) in [5.74, 6) is 1.51. The minimum absolute atomic E-state index is 0. The highest BCUT2D eigenvalue weighted by Gasteiger charge is 2.14. The fraction of sp³-hybridized carbons (Fsp3) is 0.409. The van der Waals surface area contributed by atoms with Crippen LogP contribution in [0.25, 0.3) is 21.1 Å². The van der Waals surface area contributed by atoms with Crippen LogP contribution in [0.5, 0.6) is 5.75 Å². The van der Waals surface area contributed by atoms with E-state index in [0.29, 0.717) is 5.75 Å². The Balaban J connectivity index is -0.000000428. The third kappa shape index (κ3) is 24.5. The van der Waals surface area contributed by atoms with Crippen molar-refractivity contribution in [2.75, 3.05) is 0 Å². The third-order valence-corrected chi connectivity index (χ3v) is 14.3. The van der Waals surface area contributed by atoms with E-state index < -0.39 is 0 Å². The lowest BCUT2D eigenvalue weighted by atomic mass is 10.1. The Bertz CT molecular complexity index is 3520. The lowest BCUT2D eigenvalue weighted by molar-refractivity contribution is -0.748. The highest BCUT2D eigenvalue weighted by Crippen LogP contribution is 2.24. The summed E-state index contributed by atoms with van der Waals surface area (Å²) in [6.45, 7) is 18.1. The molecule has 10 rings (SSSR count). The molecule has 0 aliphatic heterocycles. The maximum atomic E-state index is 11.3. The molecule has 0 aliphatic rings. The van der Waals surface area contributed by atoms with Crippen LogP contribution >= 0.6 is 11.3 Å². The van der Waals surface area contributed by atoms with Gasteiger partial charge < -0.3 is 5.11 Å². The highest BCUT2D eigenvalue weighted by atomic mass is 32.1. The number of aromatic nitrogens is 13. The predicted octanol–water partition coefficient (Wildman–Crippen LogP) is 8.22. The lowest BCUT2D eigenvalue weighted by Crippen LogP contribution is -2.53. The van der Waals surface area contributed by atoms with Crippen molar-refractivity contribution >= 4 is 32.5 Å². The maximum absolute atomic E-state index is 11.3. The first-order chi connectivity index (χ1) is 36.2. The van der Waals surface area contributed by atoms with Crippen molar-refractivity contribution in [1.82, 2.24) is 23.6 Å². The monoisotopic (exact) mass is 1170 g/mol. The van der Waals surface area contributed by atoms with Crippen LogP contribution in [0, 0.1) is 62.3 Å². The molecule has 10 aromatic rings. The number of hydrogen-bond donors (Lipinski definition) is 1. The first-order valence-corrected chi connectivity index (χ1v) is 26.1. The molecule has 17 heteroatoms. The molecular formula is C66H111N13O3S+8. The molecule has 0 saturated heterocycles. The molecule has 0 radical (unpaired) electrons. The van der Waals surface area contributed by atoms with Crippen molar-refractivity contribution in [2.45, 2.75) is 107 Å². The summed E-state index contributed by atoms with van der Waals surface area (Å²) in [6, 6.07) is 30.5. The average Bonchev–Trinajstić information content (AvgIpc) is 4.22. The zero-order valence-corrected chi connectivity index (χ0v) is 50.6. The van der Waals surface area contributed by atoms with E-state index in [2.05, 4.69) is 104 Å². The van der Waals surface area contributed by atoms with Gasteiger partial charge in [-0.15, -0.1) is 9.36 Å². The molecule has 0 bridgehead atoms. The second kappa shape index (κ2) is 38.6. The quantitative estimate of drug-likeness (QED) is 0.154. The Morgan fingerprint density at radius 3 is 1.54 bits per heavy atom. The minimum Gasteiger partial charge on any atom is -0.508 e. The molecule has 0 spiro atoms. The number of aromatic hydroxyl groups is 1. The molecule has 16 nitrogen and oxygen atoms in total. The molecule has 0 aliphatic carbocycles. The smallest absolute Gasteiger partial charge is 0.497 e. The molecule has 0 saturated carbocycles. The standard InChI is InChI=1S/C10H12N2O.C9H10NS.C8H13N2O.C7H11N2O.3C7H10N.C5H10N3.6CH4/c1-7-9(13)5-4-8-6-11(2)12(3)10(7)8;1-7-10(2)8-5-3-4-6-9(8)11-7;1-6-5-7(2)10(4)8(11)9(6)3;1-6-4-5-8(2)7(10)9(6)3;1-7-3-5-8(2)6-4-7;1-7-4-3-5-8(2)6-7;1-7-5-3-4-6-8(7)2;1-5-7(2)4-6-8(5)3;;;;;;/h4-6H,1-3H3;3-6H,1-2H3;5H,1-4H3;4-5H,1-3H3;3*3-6H,1-2H3;4H,1-3H3;6*1H4/q;7*+1;;;;;;/p+1.